The van der Waals surface area contributed by atoms with E-state index in [9.17, 15) is 5.11 Å². The van der Waals surface area contributed by atoms with Gasteiger partial charge in [0.1, 0.15) is 0 Å². The fourth-order valence-corrected chi connectivity index (χ4v) is 3.24. The molecule has 0 aromatic heterocycles. The monoisotopic (exact) mass is 247 g/mol. The molecule has 0 amide bonds. The molecule has 0 rings (SSSR count). The molecule has 3 unspecified atom stereocenters. The molecule has 0 fully saturated rings. The highest BCUT2D eigenvalue weighted by atomic mass is 32.2. The fourth-order valence-electron chi connectivity index (χ4n) is 1.79. The molecule has 0 bridgehead atoms. The summed E-state index contributed by atoms with van der Waals surface area (Å²) in [5, 5.41) is 14.2. The van der Waals surface area contributed by atoms with Crippen molar-refractivity contribution in [1.29, 1.82) is 0 Å². The highest BCUT2D eigenvalue weighted by Crippen LogP contribution is 2.26. The van der Waals surface area contributed by atoms with Gasteiger partial charge in [0.15, 0.2) is 0 Å². The molecule has 0 saturated heterocycles. The van der Waals surface area contributed by atoms with Crippen molar-refractivity contribution in [3.8, 4) is 0 Å². The molecule has 0 radical (unpaired) electrons. The number of thioether (sulfide) groups is 1. The Kier molecular flexibility index (Phi) is 8.52. The van der Waals surface area contributed by atoms with Gasteiger partial charge in [-0.15, -0.1) is 0 Å². The summed E-state index contributed by atoms with van der Waals surface area (Å²) >= 11 is 2.02. The zero-order valence-corrected chi connectivity index (χ0v) is 12.4. The van der Waals surface area contributed by atoms with Gasteiger partial charge in [-0.25, -0.2) is 0 Å². The van der Waals surface area contributed by atoms with Crippen molar-refractivity contribution in [2.75, 3.05) is 13.2 Å². The summed E-state index contributed by atoms with van der Waals surface area (Å²) in [5.41, 5.74) is -0.115. The van der Waals surface area contributed by atoms with E-state index in [-0.39, 0.29) is 12.1 Å². The number of nitrogens with one attached hydrogen (secondary N) is 1. The van der Waals surface area contributed by atoms with Crippen LogP contribution in [0, 0.1) is 0 Å². The van der Waals surface area contributed by atoms with Crippen molar-refractivity contribution in [1.82, 2.24) is 5.32 Å². The molecule has 2 N–H and O–H groups in total. The molecule has 3 atom stereocenters. The topological polar surface area (TPSA) is 32.3 Å². The molecule has 0 heterocycles. The first-order valence-electron chi connectivity index (χ1n) is 6.48. The fraction of sp³-hybridized carbons (Fsp3) is 1.00. The van der Waals surface area contributed by atoms with E-state index in [4.69, 9.17) is 0 Å². The predicted molar refractivity (Wildman–Crippen MR) is 75.2 cm³/mol. The van der Waals surface area contributed by atoms with Crippen LogP contribution < -0.4 is 5.32 Å². The van der Waals surface area contributed by atoms with E-state index in [2.05, 4.69) is 39.9 Å². The molecule has 3 heteroatoms. The molecule has 0 saturated carbocycles. The standard InChI is InChI=1S/C13H29NOS/c1-6-8-14-13(5,10-15)9-12(4)16-11(3)7-2/h11-12,14-15H,6-10H2,1-5H3. The second-order valence-electron chi connectivity index (χ2n) is 5.02. The van der Waals surface area contributed by atoms with Gasteiger partial charge >= 0.3 is 0 Å². The third-order valence-corrected chi connectivity index (χ3v) is 4.36. The zero-order chi connectivity index (χ0) is 12.6. The number of hydrogen-bond donors (Lipinski definition) is 2. The SMILES string of the molecule is CCCNC(C)(CO)CC(C)SC(C)CC. The first-order chi connectivity index (χ1) is 7.47. The Bertz CT molecular complexity index is 177. The molecule has 16 heavy (non-hydrogen) atoms. The molecule has 0 aliphatic heterocycles. The lowest BCUT2D eigenvalue weighted by Crippen LogP contribution is -2.47. The van der Waals surface area contributed by atoms with Crippen molar-refractivity contribution >= 4 is 11.8 Å². The lowest BCUT2D eigenvalue weighted by Gasteiger charge is -2.32. The van der Waals surface area contributed by atoms with E-state index in [0.717, 1.165) is 19.4 Å². The summed E-state index contributed by atoms with van der Waals surface area (Å²) in [6, 6.07) is 0. The summed E-state index contributed by atoms with van der Waals surface area (Å²) in [7, 11) is 0. The van der Waals surface area contributed by atoms with E-state index >= 15 is 0 Å². The van der Waals surface area contributed by atoms with Gasteiger partial charge < -0.3 is 10.4 Å². The number of hydrogen-bond acceptors (Lipinski definition) is 3. The predicted octanol–water partition coefficient (Wildman–Crippen LogP) is 3.05. The molecule has 98 valence electrons. The van der Waals surface area contributed by atoms with Crippen LogP contribution in [0.1, 0.15) is 53.9 Å². The zero-order valence-electron chi connectivity index (χ0n) is 11.5. The maximum absolute atomic E-state index is 9.48. The van der Waals surface area contributed by atoms with Gasteiger partial charge in [0.25, 0.3) is 0 Å². The lowest BCUT2D eigenvalue weighted by molar-refractivity contribution is 0.166. The van der Waals surface area contributed by atoms with Crippen LogP contribution in [0.5, 0.6) is 0 Å². The lowest BCUT2D eigenvalue weighted by atomic mass is 9.97. The smallest absolute Gasteiger partial charge is 0.0611 e. The Balaban J connectivity index is 4.08. The minimum absolute atomic E-state index is 0.115. The van der Waals surface area contributed by atoms with Crippen molar-refractivity contribution < 1.29 is 5.11 Å². The Hall–Kier alpha value is 0.270. The summed E-state index contributed by atoms with van der Waals surface area (Å²) in [5.74, 6) is 0. The number of rotatable bonds is 9. The molecule has 0 aliphatic rings. The van der Waals surface area contributed by atoms with Crippen LogP contribution in [0.3, 0.4) is 0 Å². The summed E-state index contributed by atoms with van der Waals surface area (Å²) < 4.78 is 0. The largest absolute Gasteiger partial charge is 0.394 e. The maximum atomic E-state index is 9.48. The van der Waals surface area contributed by atoms with E-state index in [0.29, 0.717) is 10.5 Å². The second kappa shape index (κ2) is 8.37. The van der Waals surface area contributed by atoms with Gasteiger partial charge in [0.2, 0.25) is 0 Å². The Morgan fingerprint density at radius 2 is 1.88 bits per heavy atom. The van der Waals surface area contributed by atoms with E-state index < -0.39 is 0 Å². The van der Waals surface area contributed by atoms with Crippen molar-refractivity contribution in [2.45, 2.75) is 69.9 Å². The second-order valence-corrected chi connectivity index (χ2v) is 6.90. The Morgan fingerprint density at radius 1 is 1.25 bits per heavy atom. The van der Waals surface area contributed by atoms with E-state index in [1.165, 1.54) is 6.42 Å². The molecule has 0 aliphatic carbocycles. The van der Waals surface area contributed by atoms with Gasteiger partial charge in [0.05, 0.1) is 6.61 Å². The molecule has 0 aromatic carbocycles. The van der Waals surface area contributed by atoms with E-state index in [1.54, 1.807) is 0 Å². The van der Waals surface area contributed by atoms with Crippen LogP contribution in [0.2, 0.25) is 0 Å². The number of aliphatic hydroxyl groups excluding tert-OH is 1. The van der Waals surface area contributed by atoms with Crippen molar-refractivity contribution in [3.05, 3.63) is 0 Å². The van der Waals surface area contributed by atoms with Crippen LogP contribution >= 0.6 is 11.8 Å². The van der Waals surface area contributed by atoms with Gasteiger partial charge in [-0.05, 0) is 32.7 Å². The Morgan fingerprint density at radius 3 is 2.31 bits per heavy atom. The van der Waals surface area contributed by atoms with Gasteiger partial charge in [-0.2, -0.15) is 11.8 Å². The molecular formula is C13H29NOS. The van der Waals surface area contributed by atoms with Gasteiger partial charge in [0, 0.05) is 16.0 Å². The van der Waals surface area contributed by atoms with Crippen LogP contribution in [0.25, 0.3) is 0 Å². The maximum Gasteiger partial charge on any atom is 0.0611 e. The van der Waals surface area contributed by atoms with Gasteiger partial charge in [-0.3, -0.25) is 0 Å². The third kappa shape index (κ3) is 6.77. The van der Waals surface area contributed by atoms with Crippen LogP contribution in [0.4, 0.5) is 0 Å². The summed E-state index contributed by atoms with van der Waals surface area (Å²) in [4.78, 5) is 0. The first kappa shape index (κ1) is 16.3. The Labute approximate surface area is 106 Å². The van der Waals surface area contributed by atoms with Crippen LogP contribution in [-0.4, -0.2) is 34.3 Å². The third-order valence-electron chi connectivity index (χ3n) is 2.93. The quantitative estimate of drug-likeness (QED) is 0.657. The van der Waals surface area contributed by atoms with Crippen molar-refractivity contribution in [2.24, 2.45) is 0 Å². The minimum atomic E-state index is -0.115. The van der Waals surface area contributed by atoms with Crippen molar-refractivity contribution in [3.63, 3.8) is 0 Å². The van der Waals surface area contributed by atoms with E-state index in [1.807, 2.05) is 11.8 Å². The normalized spacial score (nSPS) is 19.1. The first-order valence-corrected chi connectivity index (χ1v) is 7.43. The molecule has 0 aromatic rings. The molecular weight excluding hydrogens is 218 g/mol. The van der Waals surface area contributed by atoms with Crippen LogP contribution in [-0.2, 0) is 0 Å². The minimum Gasteiger partial charge on any atom is -0.394 e. The van der Waals surface area contributed by atoms with Crippen LogP contribution in [0.15, 0.2) is 0 Å². The highest BCUT2D eigenvalue weighted by Gasteiger charge is 2.25. The highest BCUT2D eigenvalue weighted by molar-refractivity contribution is 8.00. The molecule has 0 spiro atoms. The molecule has 2 nitrogen and oxygen atoms in total. The van der Waals surface area contributed by atoms with Gasteiger partial charge in [-0.1, -0.05) is 27.7 Å². The summed E-state index contributed by atoms with van der Waals surface area (Å²) in [6.07, 6.45) is 3.36. The number of aliphatic hydroxyl groups is 1. The average Bonchev–Trinajstić information content (AvgIpc) is 2.26. The average molecular weight is 247 g/mol. The summed E-state index contributed by atoms with van der Waals surface area (Å²) in [6.45, 7) is 12.2.